The molecule has 0 aromatic heterocycles. The summed E-state index contributed by atoms with van der Waals surface area (Å²) in [6, 6.07) is 0. The van der Waals surface area contributed by atoms with Crippen LogP contribution in [0.25, 0.3) is 43.1 Å². The molecule has 0 amide bonds. The number of hydrogen-bond donors (Lipinski definition) is 0. The highest BCUT2D eigenvalue weighted by Crippen LogP contribution is 2.58. The van der Waals surface area contributed by atoms with E-state index < -0.39 is 205 Å². The number of halogens is 26. The average Bonchev–Trinajstić information content (AvgIpc) is 3.20. The molecule has 7 aromatic carbocycles. The smallest absolute Gasteiger partial charge is 0.206 e. The SMILES string of the molecule is Fc1c(F)c(F)c2c(F)c3c(F)c4c(F)c(F)c(F)c(F)c4c(F)c3c(F)c2c1F.Fc1c(F)c(F)c2c(c1F)C(F)(F)c1c(c(F)c3c(F)c(F)c(F)c(F)c3c1F)C2(F)F. The third-order valence-electron chi connectivity index (χ3n) is 9.46. The van der Waals surface area contributed by atoms with Crippen LogP contribution in [0.3, 0.4) is 0 Å². The summed E-state index contributed by atoms with van der Waals surface area (Å²) in [7, 11) is 0. The third-order valence-corrected chi connectivity index (χ3v) is 9.46. The molecular formula is C36F26. The second-order valence-corrected chi connectivity index (χ2v) is 12.6. The van der Waals surface area contributed by atoms with E-state index in [9.17, 15) is 114 Å². The molecule has 0 fully saturated rings. The Morgan fingerprint density at radius 2 is 0.274 bits per heavy atom. The van der Waals surface area contributed by atoms with Gasteiger partial charge in [0, 0.05) is 0 Å². The van der Waals surface area contributed by atoms with Crippen molar-refractivity contribution in [2.45, 2.75) is 11.8 Å². The molecule has 26 heteroatoms. The van der Waals surface area contributed by atoms with Crippen LogP contribution < -0.4 is 0 Å². The summed E-state index contributed by atoms with van der Waals surface area (Å²) in [4.78, 5) is 0. The summed E-state index contributed by atoms with van der Waals surface area (Å²) in [6.07, 6.45) is 0. The predicted octanol–water partition coefficient (Wildman–Crippen LogP) is 13.6. The Labute approximate surface area is 319 Å². The molecule has 0 N–H and O–H groups in total. The Hall–Kier alpha value is -6.24. The van der Waals surface area contributed by atoms with Gasteiger partial charge in [0.1, 0.15) is 34.9 Å². The van der Waals surface area contributed by atoms with Crippen molar-refractivity contribution in [3.05, 3.63) is 150 Å². The van der Waals surface area contributed by atoms with Crippen LogP contribution in [0.5, 0.6) is 0 Å². The zero-order valence-electron chi connectivity index (χ0n) is 27.8. The normalized spacial score (nSPS) is 14.2. The van der Waals surface area contributed by atoms with Gasteiger partial charge < -0.3 is 0 Å². The molecule has 0 unspecified atom stereocenters. The summed E-state index contributed by atoms with van der Waals surface area (Å²) in [6.45, 7) is 0. The van der Waals surface area contributed by atoms with Crippen molar-refractivity contribution in [2.75, 3.05) is 0 Å². The maximum atomic E-state index is 14.8. The zero-order valence-corrected chi connectivity index (χ0v) is 27.8. The highest BCUT2D eigenvalue weighted by Gasteiger charge is 2.61. The molecule has 0 nitrogen and oxygen atoms in total. The summed E-state index contributed by atoms with van der Waals surface area (Å²) < 4.78 is 367. The van der Waals surface area contributed by atoms with Crippen molar-refractivity contribution in [2.24, 2.45) is 0 Å². The van der Waals surface area contributed by atoms with Crippen molar-refractivity contribution in [3.63, 3.8) is 0 Å². The minimum atomic E-state index is -5.65. The first-order chi connectivity index (χ1) is 28.5. The van der Waals surface area contributed by atoms with Crippen LogP contribution in [-0.4, -0.2) is 0 Å². The molecule has 62 heavy (non-hydrogen) atoms. The summed E-state index contributed by atoms with van der Waals surface area (Å²) in [5.74, 6) is -71.4. The highest BCUT2D eigenvalue weighted by molar-refractivity contribution is 6.07. The van der Waals surface area contributed by atoms with Crippen molar-refractivity contribution in [1.29, 1.82) is 0 Å². The van der Waals surface area contributed by atoms with Gasteiger partial charge in [-0.1, -0.05) is 0 Å². The molecule has 0 saturated heterocycles. The van der Waals surface area contributed by atoms with E-state index in [1.54, 1.807) is 0 Å². The van der Waals surface area contributed by atoms with E-state index in [1.165, 1.54) is 0 Å². The van der Waals surface area contributed by atoms with Gasteiger partial charge in [-0.25, -0.2) is 96.6 Å². The van der Waals surface area contributed by atoms with Gasteiger partial charge in [-0.05, 0) is 0 Å². The first-order valence-corrected chi connectivity index (χ1v) is 15.4. The van der Waals surface area contributed by atoms with Gasteiger partial charge in [0.2, 0.25) is 0 Å². The first kappa shape index (κ1) is 43.8. The molecule has 1 aliphatic rings. The molecule has 0 spiro atoms. The van der Waals surface area contributed by atoms with Gasteiger partial charge in [-0.2, -0.15) is 17.6 Å². The Morgan fingerprint density at radius 1 is 0.145 bits per heavy atom. The number of fused-ring (bicyclic) bond motifs is 6. The van der Waals surface area contributed by atoms with Crippen LogP contribution in [0.2, 0.25) is 0 Å². The number of benzene rings is 7. The van der Waals surface area contributed by atoms with Crippen LogP contribution in [0, 0.1) is 128 Å². The second kappa shape index (κ2) is 13.6. The van der Waals surface area contributed by atoms with Gasteiger partial charge in [-0.3, -0.25) is 0 Å². The van der Waals surface area contributed by atoms with Crippen LogP contribution >= 0.6 is 0 Å². The van der Waals surface area contributed by atoms with Crippen LogP contribution in [0.4, 0.5) is 114 Å². The molecular weight excluding hydrogens is 926 g/mol. The standard InChI is InChI=1S/C18F14.C18F12/c19-7-1-2(10(22)14(26)13(25)9(1)21)8(20)4-3(7)17(29,30)5-6(18(4,31)32)12(24)16(28)15(27)11(5)23;19-7-1-2(9(21)5-3(7)11(23)15(27)17(29)13(5)25)10(22)6-4(8(1)20)12(24)16(28)18(30)14(6)26. The van der Waals surface area contributed by atoms with E-state index >= 15 is 0 Å². The lowest BCUT2D eigenvalue weighted by Gasteiger charge is -2.35. The summed E-state index contributed by atoms with van der Waals surface area (Å²) in [5, 5.41) is -16.9. The number of alkyl halides is 4. The minimum Gasteiger partial charge on any atom is -0.206 e. The van der Waals surface area contributed by atoms with E-state index in [2.05, 4.69) is 0 Å². The Morgan fingerprint density at radius 3 is 0.468 bits per heavy atom. The molecule has 0 aliphatic heterocycles. The lowest BCUT2D eigenvalue weighted by atomic mass is 9.77. The number of rotatable bonds is 0. The molecule has 8 rings (SSSR count). The van der Waals surface area contributed by atoms with E-state index in [0.29, 0.717) is 0 Å². The Kier molecular flexibility index (Phi) is 9.64. The molecule has 0 atom stereocenters. The lowest BCUT2D eigenvalue weighted by Crippen LogP contribution is -2.39. The Bertz CT molecular complexity index is 2940. The zero-order chi connectivity index (χ0) is 46.6. The van der Waals surface area contributed by atoms with Crippen molar-refractivity contribution >= 4 is 43.1 Å². The van der Waals surface area contributed by atoms with Gasteiger partial charge in [0.25, 0.3) is 0 Å². The van der Waals surface area contributed by atoms with Gasteiger partial charge in [-0.15, -0.1) is 0 Å². The predicted molar refractivity (Wildman–Crippen MR) is 154 cm³/mol. The highest BCUT2D eigenvalue weighted by atomic mass is 19.3. The fourth-order valence-corrected chi connectivity index (χ4v) is 6.79. The fraction of sp³-hybridized carbons (Fsp3) is 0.0556. The maximum Gasteiger partial charge on any atom is 0.305 e. The van der Waals surface area contributed by atoms with E-state index in [0.717, 1.165) is 0 Å². The topological polar surface area (TPSA) is 0 Å². The Balaban J connectivity index is 0.000000187. The van der Waals surface area contributed by atoms with Crippen LogP contribution in [0.1, 0.15) is 22.3 Å². The van der Waals surface area contributed by atoms with Crippen LogP contribution in [-0.2, 0) is 11.8 Å². The fourth-order valence-electron chi connectivity index (χ4n) is 6.79. The molecule has 0 saturated carbocycles. The summed E-state index contributed by atoms with van der Waals surface area (Å²) in [5.41, 5.74) is -11.8. The minimum absolute atomic E-state index is 2.00. The van der Waals surface area contributed by atoms with Crippen LogP contribution in [0.15, 0.2) is 0 Å². The monoisotopic (exact) mass is 926 g/mol. The molecule has 7 aromatic rings. The average molecular weight is 926 g/mol. The van der Waals surface area contributed by atoms with Crippen molar-refractivity contribution < 1.29 is 114 Å². The molecule has 0 radical (unpaired) electrons. The van der Waals surface area contributed by atoms with E-state index in [1.807, 2.05) is 0 Å². The van der Waals surface area contributed by atoms with E-state index in [4.69, 9.17) is 0 Å². The second-order valence-electron chi connectivity index (χ2n) is 12.6. The molecule has 0 heterocycles. The third kappa shape index (κ3) is 5.19. The summed E-state index contributed by atoms with van der Waals surface area (Å²) >= 11 is 0. The van der Waals surface area contributed by atoms with Gasteiger partial charge >= 0.3 is 11.8 Å². The van der Waals surface area contributed by atoms with Gasteiger partial charge in [0.05, 0.1) is 65.3 Å². The van der Waals surface area contributed by atoms with Gasteiger partial charge in [0.15, 0.2) is 93.1 Å². The molecule has 0 bridgehead atoms. The van der Waals surface area contributed by atoms with E-state index in [-0.39, 0.29) is 0 Å². The number of hydrogen-bond acceptors (Lipinski definition) is 0. The van der Waals surface area contributed by atoms with Crippen molar-refractivity contribution in [3.8, 4) is 0 Å². The lowest BCUT2D eigenvalue weighted by molar-refractivity contribution is -0.0236. The largest absolute Gasteiger partial charge is 0.305 e. The molecule has 326 valence electrons. The molecule has 1 aliphatic carbocycles. The van der Waals surface area contributed by atoms with Crippen molar-refractivity contribution in [1.82, 2.24) is 0 Å². The maximum absolute atomic E-state index is 14.8. The quantitative estimate of drug-likeness (QED) is 0.0615. The first-order valence-electron chi connectivity index (χ1n) is 15.4.